The molecule has 0 amide bonds. The van der Waals surface area contributed by atoms with Gasteiger partial charge in [0.1, 0.15) is 6.10 Å². The van der Waals surface area contributed by atoms with Crippen LogP contribution in [0.2, 0.25) is 18.1 Å². The van der Waals surface area contributed by atoms with Crippen molar-refractivity contribution in [1.82, 2.24) is 10.2 Å². The molecule has 0 saturated heterocycles. The number of aromatic nitrogens is 2. The Bertz CT molecular complexity index is 459. The molecular formula is C15H28N2O2Si. The number of nitrogens with zero attached hydrogens (tertiary/aromatic N) is 2. The van der Waals surface area contributed by atoms with Crippen LogP contribution in [0, 0.1) is 5.92 Å². The van der Waals surface area contributed by atoms with Gasteiger partial charge in [-0.2, -0.15) is 0 Å². The van der Waals surface area contributed by atoms with E-state index >= 15 is 0 Å². The van der Waals surface area contributed by atoms with Crippen LogP contribution in [0.15, 0.2) is 4.42 Å². The summed E-state index contributed by atoms with van der Waals surface area (Å²) in [5.41, 5.74) is 0. The lowest BCUT2D eigenvalue weighted by Crippen LogP contribution is -2.41. The number of hydrogen-bond acceptors (Lipinski definition) is 4. The molecule has 2 rings (SSSR count). The minimum absolute atomic E-state index is 0.116. The highest BCUT2D eigenvalue weighted by Gasteiger charge is 2.40. The summed E-state index contributed by atoms with van der Waals surface area (Å²) in [6.45, 7) is 15.5. The third kappa shape index (κ3) is 3.14. The van der Waals surface area contributed by atoms with Crippen molar-refractivity contribution in [2.45, 2.75) is 77.6 Å². The normalized spacial score (nSPS) is 25.4. The average Bonchev–Trinajstić information content (AvgIpc) is 2.71. The van der Waals surface area contributed by atoms with Gasteiger partial charge in [-0.15, -0.1) is 10.2 Å². The summed E-state index contributed by atoms with van der Waals surface area (Å²) in [6, 6.07) is 0. The highest BCUT2D eigenvalue weighted by atomic mass is 28.4. The summed E-state index contributed by atoms with van der Waals surface area (Å²) in [5, 5.41) is 8.58. The summed E-state index contributed by atoms with van der Waals surface area (Å²) in [4.78, 5) is 0. The first-order valence-electron chi connectivity index (χ1n) is 7.61. The van der Waals surface area contributed by atoms with Gasteiger partial charge < -0.3 is 8.84 Å². The highest BCUT2D eigenvalue weighted by Crippen LogP contribution is 2.42. The lowest BCUT2D eigenvalue weighted by molar-refractivity contribution is 0.160. The summed E-state index contributed by atoms with van der Waals surface area (Å²) >= 11 is 0. The summed E-state index contributed by atoms with van der Waals surface area (Å²) in [6.07, 6.45) is 2.22. The molecule has 0 radical (unpaired) electrons. The Kier molecular flexibility index (Phi) is 4.13. The quantitative estimate of drug-likeness (QED) is 0.758. The Balaban J connectivity index is 2.01. The molecule has 1 aromatic rings. The summed E-state index contributed by atoms with van der Waals surface area (Å²) < 4.78 is 12.1. The maximum atomic E-state index is 6.30. The minimum atomic E-state index is -1.80. The van der Waals surface area contributed by atoms with Crippen LogP contribution in [0.1, 0.15) is 71.3 Å². The molecule has 5 heteroatoms. The monoisotopic (exact) mass is 296 g/mol. The minimum Gasteiger partial charge on any atom is -0.422 e. The van der Waals surface area contributed by atoms with Crippen LogP contribution >= 0.6 is 0 Å². The zero-order valence-electron chi connectivity index (χ0n) is 13.9. The predicted octanol–water partition coefficient (Wildman–Crippen LogP) is 4.67. The molecule has 0 bridgehead atoms. The second kappa shape index (κ2) is 5.26. The van der Waals surface area contributed by atoms with Crippen LogP contribution in [-0.2, 0) is 4.43 Å². The van der Waals surface area contributed by atoms with E-state index in [0.29, 0.717) is 11.8 Å². The molecule has 1 saturated carbocycles. The van der Waals surface area contributed by atoms with Gasteiger partial charge in [-0.1, -0.05) is 27.7 Å². The van der Waals surface area contributed by atoms with E-state index in [2.05, 4.69) is 51.0 Å². The van der Waals surface area contributed by atoms with Crippen molar-refractivity contribution in [2.24, 2.45) is 5.92 Å². The molecule has 114 valence electrons. The smallest absolute Gasteiger partial charge is 0.243 e. The molecule has 0 aliphatic heterocycles. The maximum Gasteiger partial charge on any atom is 0.243 e. The van der Waals surface area contributed by atoms with Gasteiger partial charge in [-0.05, 0) is 43.8 Å². The van der Waals surface area contributed by atoms with Gasteiger partial charge in [-0.3, -0.25) is 0 Å². The van der Waals surface area contributed by atoms with Crippen molar-refractivity contribution >= 4 is 8.32 Å². The lowest BCUT2D eigenvalue weighted by Gasteiger charge is -2.37. The van der Waals surface area contributed by atoms with E-state index in [0.717, 1.165) is 11.8 Å². The molecular weight excluding hydrogens is 268 g/mol. The van der Waals surface area contributed by atoms with E-state index in [1.165, 1.54) is 12.8 Å². The van der Waals surface area contributed by atoms with E-state index < -0.39 is 8.32 Å². The predicted molar refractivity (Wildman–Crippen MR) is 82.1 cm³/mol. The largest absolute Gasteiger partial charge is 0.422 e. The van der Waals surface area contributed by atoms with Crippen LogP contribution in [0.5, 0.6) is 0 Å². The van der Waals surface area contributed by atoms with Gasteiger partial charge in [0.2, 0.25) is 11.8 Å². The van der Waals surface area contributed by atoms with Crippen molar-refractivity contribution < 1.29 is 8.84 Å². The van der Waals surface area contributed by atoms with Crippen LogP contribution in [0.4, 0.5) is 0 Å². The second-order valence-electron chi connectivity index (χ2n) is 7.77. The van der Waals surface area contributed by atoms with Crippen molar-refractivity contribution in [2.75, 3.05) is 0 Å². The van der Waals surface area contributed by atoms with Gasteiger partial charge in [0.15, 0.2) is 8.32 Å². The van der Waals surface area contributed by atoms with E-state index in [-0.39, 0.29) is 11.1 Å². The van der Waals surface area contributed by atoms with Crippen molar-refractivity contribution in [1.29, 1.82) is 0 Å². The summed E-state index contributed by atoms with van der Waals surface area (Å²) in [5.74, 6) is 2.68. The fourth-order valence-electron chi connectivity index (χ4n) is 2.35. The molecule has 1 aromatic heterocycles. The zero-order valence-corrected chi connectivity index (χ0v) is 14.9. The third-order valence-corrected chi connectivity index (χ3v) is 9.36. The number of hydrogen-bond donors (Lipinski definition) is 0. The SMILES string of the molecule is C[C@H](O[Si](C)(C)C(C)(C)C)c1nnc([C@H]2C[C@H](C)C2)o1. The molecule has 0 spiro atoms. The molecule has 1 aliphatic carbocycles. The first-order valence-corrected chi connectivity index (χ1v) is 10.5. The van der Waals surface area contributed by atoms with Gasteiger partial charge in [0, 0.05) is 5.92 Å². The Labute approximate surface area is 123 Å². The van der Waals surface area contributed by atoms with E-state index in [1.54, 1.807) is 0 Å². The number of rotatable bonds is 4. The van der Waals surface area contributed by atoms with Crippen LogP contribution in [0.25, 0.3) is 0 Å². The third-order valence-electron chi connectivity index (χ3n) is 4.80. The topological polar surface area (TPSA) is 48.2 Å². The van der Waals surface area contributed by atoms with Crippen molar-refractivity contribution in [3.8, 4) is 0 Å². The fraction of sp³-hybridized carbons (Fsp3) is 0.867. The van der Waals surface area contributed by atoms with Crippen LogP contribution in [-0.4, -0.2) is 18.5 Å². The molecule has 1 heterocycles. The molecule has 20 heavy (non-hydrogen) atoms. The van der Waals surface area contributed by atoms with E-state index in [9.17, 15) is 0 Å². The van der Waals surface area contributed by atoms with Crippen LogP contribution < -0.4 is 0 Å². The van der Waals surface area contributed by atoms with Gasteiger partial charge >= 0.3 is 0 Å². The van der Waals surface area contributed by atoms with Crippen molar-refractivity contribution in [3.63, 3.8) is 0 Å². The second-order valence-corrected chi connectivity index (χ2v) is 12.5. The Morgan fingerprint density at radius 3 is 2.35 bits per heavy atom. The highest BCUT2D eigenvalue weighted by molar-refractivity contribution is 6.74. The molecule has 4 nitrogen and oxygen atoms in total. The van der Waals surface area contributed by atoms with E-state index in [4.69, 9.17) is 8.84 Å². The standard InChI is InChI=1S/C15H28N2O2Si/c1-10-8-12(9-10)14-17-16-13(18-14)11(2)19-20(6,7)15(3,4)5/h10-12H,8-9H2,1-7H3/t10-,11-,12-/m0/s1. The molecule has 0 unspecified atom stereocenters. The zero-order chi connectivity index (χ0) is 15.1. The fourth-order valence-corrected chi connectivity index (χ4v) is 3.69. The Morgan fingerprint density at radius 2 is 1.85 bits per heavy atom. The first-order chi connectivity index (χ1) is 9.10. The van der Waals surface area contributed by atoms with Crippen LogP contribution in [0.3, 0.4) is 0 Å². The van der Waals surface area contributed by atoms with Gasteiger partial charge in [0.05, 0.1) is 0 Å². The lowest BCUT2D eigenvalue weighted by atomic mass is 9.76. The van der Waals surface area contributed by atoms with Gasteiger partial charge in [-0.25, -0.2) is 0 Å². The average molecular weight is 296 g/mol. The molecule has 1 fully saturated rings. The van der Waals surface area contributed by atoms with Gasteiger partial charge in [0.25, 0.3) is 0 Å². The molecule has 0 aromatic carbocycles. The maximum absolute atomic E-state index is 6.30. The van der Waals surface area contributed by atoms with Crippen molar-refractivity contribution in [3.05, 3.63) is 11.8 Å². The first kappa shape index (κ1) is 15.7. The Morgan fingerprint density at radius 1 is 1.25 bits per heavy atom. The van der Waals surface area contributed by atoms with E-state index in [1.807, 2.05) is 6.92 Å². The molecule has 1 aliphatic rings. The summed E-state index contributed by atoms with van der Waals surface area (Å²) in [7, 11) is -1.80. The molecule has 1 atom stereocenters. The Hall–Kier alpha value is -0.683. The molecule has 0 N–H and O–H groups in total.